The van der Waals surface area contributed by atoms with Crippen LogP contribution in [0.2, 0.25) is 0 Å². The summed E-state index contributed by atoms with van der Waals surface area (Å²) in [4.78, 5) is 30.5. The van der Waals surface area contributed by atoms with E-state index >= 15 is 0 Å². The molecule has 3 rings (SSSR count). The Labute approximate surface area is 162 Å². The summed E-state index contributed by atoms with van der Waals surface area (Å²) in [6.07, 6.45) is 1.48. The lowest BCUT2D eigenvalue weighted by molar-refractivity contribution is 0.102. The summed E-state index contributed by atoms with van der Waals surface area (Å²) < 4.78 is 0. The number of hydrogen-bond acceptors (Lipinski definition) is 5. The highest BCUT2D eigenvalue weighted by atomic mass is 35.5. The lowest BCUT2D eigenvalue weighted by Crippen LogP contribution is -2.38. The molecule has 1 aliphatic heterocycles. The summed E-state index contributed by atoms with van der Waals surface area (Å²) in [7, 11) is 0. The van der Waals surface area contributed by atoms with Crippen molar-refractivity contribution in [3.05, 3.63) is 39.8 Å². The van der Waals surface area contributed by atoms with Gasteiger partial charge in [-0.2, -0.15) is 0 Å². The molecule has 0 bridgehead atoms. The van der Waals surface area contributed by atoms with Crippen molar-refractivity contribution in [3.8, 4) is 0 Å². The first-order valence-corrected chi connectivity index (χ1v) is 9.14. The Morgan fingerprint density at radius 3 is 2.92 bits per heavy atom. The molecular weight excluding hydrogens is 374 g/mol. The van der Waals surface area contributed by atoms with Gasteiger partial charge in [-0.3, -0.25) is 9.69 Å². The van der Waals surface area contributed by atoms with E-state index in [2.05, 4.69) is 15.6 Å². The van der Waals surface area contributed by atoms with Gasteiger partial charge in [0.05, 0.1) is 10.7 Å². The monoisotopic (exact) mass is 395 g/mol. The van der Waals surface area contributed by atoms with E-state index in [1.807, 2.05) is 25.1 Å². The number of nitrogens with zero attached hydrogens (tertiary/aromatic N) is 2. The van der Waals surface area contributed by atoms with Gasteiger partial charge < -0.3 is 16.4 Å². The molecule has 26 heavy (non-hydrogen) atoms. The number of thiazole rings is 1. The molecule has 1 aromatic carbocycles. The molecule has 3 amide bonds. The average molecular weight is 396 g/mol. The second-order valence-corrected chi connectivity index (χ2v) is 6.64. The van der Waals surface area contributed by atoms with Crippen LogP contribution in [0.1, 0.15) is 28.0 Å². The summed E-state index contributed by atoms with van der Waals surface area (Å²) in [6, 6.07) is 5.52. The van der Waals surface area contributed by atoms with Crippen molar-refractivity contribution in [1.29, 1.82) is 0 Å². The molecule has 4 N–H and O–H groups in total. The van der Waals surface area contributed by atoms with Crippen LogP contribution in [0.3, 0.4) is 0 Å². The summed E-state index contributed by atoms with van der Waals surface area (Å²) in [6.45, 7) is 3.62. The number of benzene rings is 1. The Kier molecular flexibility index (Phi) is 6.96. The van der Waals surface area contributed by atoms with E-state index in [1.165, 1.54) is 11.3 Å². The number of anilines is 2. The Morgan fingerprint density at radius 1 is 1.38 bits per heavy atom. The first-order chi connectivity index (χ1) is 12.1. The maximum atomic E-state index is 12.4. The van der Waals surface area contributed by atoms with Gasteiger partial charge in [0, 0.05) is 30.6 Å². The maximum Gasteiger partial charge on any atom is 0.321 e. The van der Waals surface area contributed by atoms with Crippen molar-refractivity contribution in [3.63, 3.8) is 0 Å². The third kappa shape index (κ3) is 4.32. The largest absolute Gasteiger partial charge is 0.338 e. The van der Waals surface area contributed by atoms with Crippen LogP contribution >= 0.6 is 23.7 Å². The van der Waals surface area contributed by atoms with Gasteiger partial charge in [0.2, 0.25) is 0 Å². The Balaban J connectivity index is 0.00000243. The number of rotatable bonds is 5. The van der Waals surface area contributed by atoms with Gasteiger partial charge in [-0.25, -0.2) is 9.78 Å². The highest BCUT2D eigenvalue weighted by molar-refractivity contribution is 7.09. The van der Waals surface area contributed by atoms with E-state index < -0.39 is 0 Å². The van der Waals surface area contributed by atoms with E-state index in [4.69, 9.17) is 5.73 Å². The Morgan fingerprint density at radius 2 is 2.19 bits per heavy atom. The summed E-state index contributed by atoms with van der Waals surface area (Å²) >= 11 is 1.43. The normalized spacial score (nSPS) is 12.3. The molecular formula is C17H22ClN5O2S. The number of hydrogen-bond donors (Lipinski definition) is 3. The van der Waals surface area contributed by atoms with Gasteiger partial charge in [-0.1, -0.05) is 6.07 Å². The lowest BCUT2D eigenvalue weighted by atomic mass is 10.1. The molecule has 9 heteroatoms. The molecule has 7 nitrogen and oxygen atoms in total. The van der Waals surface area contributed by atoms with E-state index in [0.717, 1.165) is 22.7 Å². The summed E-state index contributed by atoms with van der Waals surface area (Å²) in [5.41, 5.74) is 8.48. The van der Waals surface area contributed by atoms with Gasteiger partial charge in [-0.15, -0.1) is 23.7 Å². The molecule has 0 saturated heterocycles. The first kappa shape index (κ1) is 20.2. The fourth-order valence-electron chi connectivity index (χ4n) is 2.76. The van der Waals surface area contributed by atoms with Crippen molar-refractivity contribution < 1.29 is 9.59 Å². The van der Waals surface area contributed by atoms with Crippen LogP contribution in [0.25, 0.3) is 0 Å². The smallest absolute Gasteiger partial charge is 0.321 e. The number of aromatic nitrogens is 1. The maximum absolute atomic E-state index is 12.4. The fourth-order valence-corrected chi connectivity index (χ4v) is 3.56. The molecule has 0 saturated carbocycles. The minimum absolute atomic E-state index is 0. The molecule has 2 aromatic rings. The number of fused-ring (bicyclic) bond motifs is 1. The van der Waals surface area contributed by atoms with Crippen LogP contribution in [-0.2, 0) is 12.8 Å². The predicted molar refractivity (Wildman–Crippen MR) is 107 cm³/mol. The summed E-state index contributed by atoms with van der Waals surface area (Å²) in [5, 5.41) is 8.24. The van der Waals surface area contributed by atoms with Crippen molar-refractivity contribution in [2.45, 2.75) is 19.8 Å². The third-order valence-corrected chi connectivity index (χ3v) is 4.86. The quantitative estimate of drug-likeness (QED) is 0.723. The highest BCUT2D eigenvalue weighted by Crippen LogP contribution is 2.31. The second-order valence-electron chi connectivity index (χ2n) is 5.70. The zero-order chi connectivity index (χ0) is 17.8. The molecule has 2 heterocycles. The third-order valence-electron chi connectivity index (χ3n) is 3.95. The molecule has 0 aliphatic carbocycles. The molecule has 1 aliphatic rings. The van der Waals surface area contributed by atoms with Gasteiger partial charge in [-0.05, 0) is 37.6 Å². The van der Waals surface area contributed by atoms with Crippen LogP contribution in [0.5, 0.6) is 0 Å². The summed E-state index contributed by atoms with van der Waals surface area (Å²) in [5.74, 6) is -0.262. The van der Waals surface area contributed by atoms with Gasteiger partial charge in [0.25, 0.3) is 5.91 Å². The number of amides is 3. The molecule has 0 unspecified atom stereocenters. The number of carbonyl (C=O) groups excluding carboxylic acids is 2. The van der Waals surface area contributed by atoms with Crippen LogP contribution in [-0.4, -0.2) is 36.6 Å². The van der Waals surface area contributed by atoms with Gasteiger partial charge >= 0.3 is 6.03 Å². The standard InChI is InChI=1S/C17H21N5O2S.ClH/c1-2-19-17(24)22-8-6-11-3-4-12(9-14(11)22)20-16(23)13-10-25-15(21-13)5-7-18;/h3-4,9-10H,2,5-8,18H2,1H3,(H,19,24)(H,20,23);1H. The number of nitrogens with two attached hydrogens (primary N) is 1. The van der Waals surface area contributed by atoms with E-state index in [-0.39, 0.29) is 24.3 Å². The molecule has 140 valence electrons. The predicted octanol–water partition coefficient (Wildman–Crippen LogP) is 2.41. The molecule has 0 atom stereocenters. The van der Waals surface area contributed by atoms with Crippen molar-refractivity contribution >= 4 is 47.1 Å². The average Bonchev–Trinajstić information content (AvgIpc) is 3.22. The minimum atomic E-state index is -0.262. The van der Waals surface area contributed by atoms with E-state index in [0.29, 0.717) is 37.4 Å². The van der Waals surface area contributed by atoms with Gasteiger partial charge in [0.15, 0.2) is 0 Å². The zero-order valence-corrected chi connectivity index (χ0v) is 16.1. The van der Waals surface area contributed by atoms with Crippen molar-refractivity contribution in [2.75, 3.05) is 29.9 Å². The molecule has 0 radical (unpaired) electrons. The molecule has 1 aromatic heterocycles. The SMILES string of the molecule is CCNC(=O)N1CCc2ccc(NC(=O)c3csc(CCN)n3)cc21.Cl. The second kappa shape index (κ2) is 8.98. The molecule has 0 spiro atoms. The fraction of sp³-hybridized carbons (Fsp3) is 0.353. The van der Waals surface area contributed by atoms with Crippen molar-refractivity contribution in [2.24, 2.45) is 5.73 Å². The van der Waals surface area contributed by atoms with E-state index in [9.17, 15) is 9.59 Å². The van der Waals surface area contributed by atoms with Crippen LogP contribution in [0.15, 0.2) is 23.6 Å². The van der Waals surface area contributed by atoms with Gasteiger partial charge in [0.1, 0.15) is 5.69 Å². The van der Waals surface area contributed by atoms with Crippen molar-refractivity contribution in [1.82, 2.24) is 10.3 Å². The minimum Gasteiger partial charge on any atom is -0.338 e. The lowest BCUT2D eigenvalue weighted by Gasteiger charge is -2.18. The van der Waals surface area contributed by atoms with Crippen LogP contribution in [0.4, 0.5) is 16.2 Å². The number of nitrogens with one attached hydrogen (secondary N) is 2. The van der Waals surface area contributed by atoms with Crippen LogP contribution < -0.4 is 21.3 Å². The molecule has 0 fully saturated rings. The first-order valence-electron chi connectivity index (χ1n) is 8.26. The number of carbonyl (C=O) groups is 2. The Bertz CT molecular complexity index is 795. The topological polar surface area (TPSA) is 100 Å². The Hall–Kier alpha value is -2.16. The number of urea groups is 1. The van der Waals surface area contributed by atoms with E-state index in [1.54, 1.807) is 10.3 Å². The highest BCUT2D eigenvalue weighted by Gasteiger charge is 2.24. The van der Waals surface area contributed by atoms with Crippen LogP contribution in [0, 0.1) is 0 Å². The number of halogens is 1. The zero-order valence-electron chi connectivity index (χ0n) is 14.4.